The lowest BCUT2D eigenvalue weighted by molar-refractivity contribution is -0.286. The number of aromatic nitrogens is 1. The number of nitrogens with zero attached hydrogens (tertiary/aromatic N) is 3. The first-order valence-corrected chi connectivity index (χ1v) is 10.5. The molecule has 182 valence electrons. The van der Waals surface area contributed by atoms with Crippen molar-refractivity contribution < 1.29 is 37.7 Å². The van der Waals surface area contributed by atoms with Crippen LogP contribution >= 0.6 is 0 Å². The van der Waals surface area contributed by atoms with E-state index in [-0.39, 0.29) is 40.6 Å². The van der Waals surface area contributed by atoms with Gasteiger partial charge in [-0.25, -0.2) is 19.5 Å². The summed E-state index contributed by atoms with van der Waals surface area (Å²) in [6.07, 6.45) is -1.65. The lowest BCUT2D eigenvalue weighted by atomic mass is 9.79. The van der Waals surface area contributed by atoms with E-state index in [9.17, 15) is 28.3 Å². The summed E-state index contributed by atoms with van der Waals surface area (Å²) in [6.45, 7) is 5.62. The highest BCUT2D eigenvalue weighted by atomic mass is 19.3. The fraction of sp³-hybridized carbons (Fsp3) is 0.261. The standard InChI is InChI=1S/C23H20F2N4O6/c1-3-4-14(13-5-6-15-16(9-13)35-23(24,25)34-15)28-22(33)29-19(21(31)32)18(20(29)30)11(2)12-7-8-27-17(26)10-12/h5-10,18-19H,2-4H2,1H3,(H2,26,27)(H,31,32)/t18-,19+/m1/s1. The highest BCUT2D eigenvalue weighted by Gasteiger charge is 2.56. The molecule has 0 aliphatic carbocycles. The predicted molar refractivity (Wildman–Crippen MR) is 119 cm³/mol. The Bertz CT molecular complexity index is 1280. The number of benzene rings is 1. The molecule has 3 amide bonds. The van der Waals surface area contributed by atoms with E-state index in [1.54, 1.807) is 6.92 Å². The van der Waals surface area contributed by atoms with Crippen molar-refractivity contribution in [3.8, 4) is 11.5 Å². The van der Waals surface area contributed by atoms with Gasteiger partial charge in [-0.3, -0.25) is 4.79 Å². The number of ether oxygens (including phenoxy) is 2. The molecule has 0 spiro atoms. The molecule has 1 aromatic carbocycles. The van der Waals surface area contributed by atoms with Crippen LogP contribution in [-0.2, 0) is 9.59 Å². The molecule has 2 aliphatic heterocycles. The maximum absolute atomic E-state index is 13.3. The monoisotopic (exact) mass is 486 g/mol. The number of aliphatic carboxylic acids is 1. The minimum atomic E-state index is -3.81. The second-order valence-electron chi connectivity index (χ2n) is 7.88. The van der Waals surface area contributed by atoms with Crippen LogP contribution in [0.15, 0.2) is 48.1 Å². The molecule has 0 unspecified atom stereocenters. The van der Waals surface area contributed by atoms with Crippen LogP contribution < -0.4 is 15.2 Å². The molecule has 10 nitrogen and oxygen atoms in total. The van der Waals surface area contributed by atoms with E-state index in [0.29, 0.717) is 16.9 Å². The van der Waals surface area contributed by atoms with E-state index in [2.05, 4.69) is 26.0 Å². The minimum absolute atomic E-state index is 0.158. The number of β-lactam (4-membered cyclic amide) rings is 1. The smallest absolute Gasteiger partial charge is 0.480 e. The molecule has 1 aromatic heterocycles. The fourth-order valence-corrected chi connectivity index (χ4v) is 3.92. The van der Waals surface area contributed by atoms with Gasteiger partial charge in [0.25, 0.3) is 0 Å². The number of pyridine rings is 1. The molecule has 2 aromatic rings. The SMILES string of the molecule is C=C(c1ccnc(N)c1)[C@H]1C(=O)N(C(=O)N=C(CCC)c2ccc3c(c2)OC(F)(F)O3)[C@@H]1C(=O)O. The zero-order chi connectivity index (χ0) is 25.5. The first-order valence-electron chi connectivity index (χ1n) is 10.5. The summed E-state index contributed by atoms with van der Waals surface area (Å²) in [5, 5.41) is 9.73. The molecule has 4 rings (SSSR count). The first kappa shape index (κ1) is 23.8. The molecule has 35 heavy (non-hydrogen) atoms. The molecule has 3 N–H and O–H groups in total. The maximum Gasteiger partial charge on any atom is 0.586 e. The summed E-state index contributed by atoms with van der Waals surface area (Å²) in [7, 11) is 0. The summed E-state index contributed by atoms with van der Waals surface area (Å²) in [4.78, 5) is 46.1. The number of carbonyl (C=O) groups excluding carboxylic acids is 2. The van der Waals surface area contributed by atoms with Crippen molar-refractivity contribution in [1.82, 2.24) is 9.88 Å². The lowest BCUT2D eigenvalue weighted by Crippen LogP contribution is -2.65. The van der Waals surface area contributed by atoms with Gasteiger partial charge in [-0.1, -0.05) is 19.9 Å². The molecule has 0 saturated carbocycles. The van der Waals surface area contributed by atoms with Crippen LogP contribution in [0, 0.1) is 5.92 Å². The molecule has 2 aliphatic rings. The quantitative estimate of drug-likeness (QED) is 0.467. The maximum atomic E-state index is 13.3. The van der Waals surface area contributed by atoms with Gasteiger partial charge in [-0.15, -0.1) is 8.78 Å². The normalized spacial score (nSPS) is 20.4. The van der Waals surface area contributed by atoms with Crippen molar-refractivity contribution in [2.24, 2.45) is 10.9 Å². The van der Waals surface area contributed by atoms with Crippen molar-refractivity contribution in [1.29, 1.82) is 0 Å². The largest absolute Gasteiger partial charge is 0.586 e. The first-order chi connectivity index (χ1) is 16.5. The summed E-state index contributed by atoms with van der Waals surface area (Å²) >= 11 is 0. The van der Waals surface area contributed by atoms with Crippen molar-refractivity contribution in [2.75, 3.05) is 5.73 Å². The average Bonchev–Trinajstić information content (AvgIpc) is 3.09. The van der Waals surface area contributed by atoms with Crippen LogP contribution in [0.25, 0.3) is 5.57 Å². The van der Waals surface area contributed by atoms with Crippen LogP contribution in [-0.4, -0.2) is 50.9 Å². The number of carbonyl (C=O) groups is 3. The van der Waals surface area contributed by atoms with Gasteiger partial charge in [-0.2, -0.15) is 4.99 Å². The van der Waals surface area contributed by atoms with Crippen LogP contribution in [0.4, 0.5) is 19.4 Å². The molecular formula is C23H20F2N4O6. The topological polar surface area (TPSA) is 144 Å². The van der Waals surface area contributed by atoms with Crippen LogP contribution in [0.1, 0.15) is 30.9 Å². The van der Waals surface area contributed by atoms with Crippen LogP contribution in [0.5, 0.6) is 11.5 Å². The number of hydrogen-bond donors (Lipinski definition) is 2. The molecule has 3 heterocycles. The number of carboxylic acids is 1. The summed E-state index contributed by atoms with van der Waals surface area (Å²) in [6, 6.07) is 4.25. The second kappa shape index (κ2) is 8.78. The highest BCUT2D eigenvalue weighted by molar-refractivity contribution is 6.16. The number of hydrogen-bond acceptors (Lipinski definition) is 7. The number of rotatable bonds is 6. The van der Waals surface area contributed by atoms with E-state index in [4.69, 9.17) is 5.73 Å². The highest BCUT2D eigenvalue weighted by Crippen LogP contribution is 2.42. The van der Waals surface area contributed by atoms with Crippen molar-refractivity contribution in [2.45, 2.75) is 32.1 Å². The third kappa shape index (κ3) is 4.42. The van der Waals surface area contributed by atoms with E-state index in [1.807, 2.05) is 0 Å². The Kier molecular flexibility index (Phi) is 5.97. The van der Waals surface area contributed by atoms with Crippen molar-refractivity contribution in [3.63, 3.8) is 0 Å². The zero-order valence-corrected chi connectivity index (χ0v) is 18.4. The molecule has 2 atom stereocenters. The predicted octanol–water partition coefficient (Wildman–Crippen LogP) is 3.32. The Hall–Kier alpha value is -4.35. The number of likely N-dealkylation sites (tertiary alicyclic amines) is 1. The van der Waals surface area contributed by atoms with Gasteiger partial charge in [0.2, 0.25) is 5.91 Å². The van der Waals surface area contributed by atoms with Crippen LogP contribution in [0.2, 0.25) is 0 Å². The molecule has 0 bridgehead atoms. The van der Waals surface area contributed by atoms with E-state index < -0.39 is 36.2 Å². The summed E-state index contributed by atoms with van der Waals surface area (Å²) in [5.74, 6) is -3.65. The number of halogens is 2. The number of aliphatic imine (C=N–C) groups is 1. The summed E-state index contributed by atoms with van der Waals surface area (Å²) in [5.41, 5.74) is 6.70. The number of carboxylic acid groups (broad SMARTS) is 1. The number of fused-ring (bicyclic) bond motifs is 1. The second-order valence-corrected chi connectivity index (χ2v) is 7.88. The summed E-state index contributed by atoms with van der Waals surface area (Å²) < 4.78 is 35.5. The third-order valence-electron chi connectivity index (χ3n) is 5.54. The van der Waals surface area contributed by atoms with Gasteiger partial charge in [0.05, 0.1) is 11.6 Å². The van der Waals surface area contributed by atoms with Crippen LogP contribution in [0.3, 0.4) is 0 Å². The number of nitrogens with two attached hydrogens (primary N) is 1. The number of urea groups is 1. The lowest BCUT2D eigenvalue weighted by Gasteiger charge is -2.42. The molecular weight excluding hydrogens is 466 g/mol. The molecule has 1 saturated heterocycles. The molecule has 12 heteroatoms. The zero-order valence-electron chi connectivity index (χ0n) is 18.4. The number of imide groups is 1. The van der Waals surface area contributed by atoms with Gasteiger partial charge in [0.15, 0.2) is 17.5 Å². The van der Waals surface area contributed by atoms with E-state index in [1.165, 1.54) is 36.5 Å². The molecule has 0 radical (unpaired) electrons. The fourth-order valence-electron chi connectivity index (χ4n) is 3.92. The van der Waals surface area contributed by atoms with Crippen molar-refractivity contribution in [3.05, 3.63) is 54.2 Å². The van der Waals surface area contributed by atoms with Gasteiger partial charge in [0, 0.05) is 11.8 Å². The van der Waals surface area contributed by atoms with Gasteiger partial charge < -0.3 is 20.3 Å². The Morgan fingerprint density at radius 2 is 1.94 bits per heavy atom. The number of anilines is 1. The van der Waals surface area contributed by atoms with Gasteiger partial charge >= 0.3 is 18.3 Å². The van der Waals surface area contributed by atoms with E-state index in [0.717, 1.165) is 0 Å². The third-order valence-corrected chi connectivity index (χ3v) is 5.54. The van der Waals surface area contributed by atoms with Crippen molar-refractivity contribution >= 4 is 35.0 Å². The Labute approximate surface area is 197 Å². The number of amides is 3. The number of alkyl halides is 2. The minimum Gasteiger partial charge on any atom is -0.480 e. The van der Waals surface area contributed by atoms with Gasteiger partial charge in [0.1, 0.15) is 5.82 Å². The van der Waals surface area contributed by atoms with Gasteiger partial charge in [-0.05, 0) is 47.9 Å². The molecule has 1 fully saturated rings. The Balaban J connectivity index is 1.61. The Morgan fingerprint density at radius 3 is 2.60 bits per heavy atom. The average molecular weight is 486 g/mol. The number of nitrogen functional groups attached to an aromatic ring is 1. The van der Waals surface area contributed by atoms with E-state index >= 15 is 0 Å². The Morgan fingerprint density at radius 1 is 1.23 bits per heavy atom.